The van der Waals surface area contributed by atoms with E-state index in [-0.39, 0.29) is 0 Å². The van der Waals surface area contributed by atoms with Gasteiger partial charge in [0, 0.05) is 14.1 Å². The Balaban J connectivity index is 2.44. The Kier molecular flexibility index (Phi) is 4.80. The van der Waals surface area contributed by atoms with Gasteiger partial charge in [-0.3, -0.25) is 0 Å². The van der Waals surface area contributed by atoms with Crippen LogP contribution >= 0.6 is 0 Å². The van der Waals surface area contributed by atoms with Crippen molar-refractivity contribution in [1.29, 1.82) is 0 Å². The summed E-state index contributed by atoms with van der Waals surface area (Å²) < 4.78 is 24.8. The zero-order valence-electron chi connectivity index (χ0n) is 10.9. The van der Waals surface area contributed by atoms with Crippen molar-refractivity contribution in [3.63, 3.8) is 0 Å². The molecule has 1 aliphatic carbocycles. The molecule has 0 spiro atoms. The third-order valence-corrected chi connectivity index (χ3v) is 5.84. The first-order chi connectivity index (χ1) is 7.33. The molecule has 4 heteroatoms. The average molecular weight is 247 g/mol. The molecule has 0 aromatic rings. The van der Waals surface area contributed by atoms with Crippen LogP contribution in [0.25, 0.3) is 0 Å². The quantitative estimate of drug-likeness (QED) is 0.764. The van der Waals surface area contributed by atoms with Gasteiger partial charge < -0.3 is 0 Å². The van der Waals surface area contributed by atoms with Crippen LogP contribution in [0.5, 0.6) is 0 Å². The molecule has 0 bridgehead atoms. The molecule has 0 atom stereocenters. The summed E-state index contributed by atoms with van der Waals surface area (Å²) in [6.45, 7) is 4.53. The first-order valence-corrected chi connectivity index (χ1v) is 7.84. The monoisotopic (exact) mass is 247 g/mol. The summed E-state index contributed by atoms with van der Waals surface area (Å²) >= 11 is 0. The Labute approximate surface area is 100 Å². The van der Waals surface area contributed by atoms with Crippen molar-refractivity contribution in [3.8, 4) is 0 Å². The smallest absolute Gasteiger partial charge is 0.212 e. The van der Waals surface area contributed by atoms with Gasteiger partial charge in [-0.05, 0) is 43.4 Å². The molecule has 0 unspecified atom stereocenters. The fourth-order valence-electron chi connectivity index (χ4n) is 2.47. The maximum absolute atomic E-state index is 11.7. The van der Waals surface area contributed by atoms with Gasteiger partial charge in [-0.2, -0.15) is 0 Å². The predicted octanol–water partition coefficient (Wildman–Crippen LogP) is 2.34. The second kappa shape index (κ2) is 5.50. The van der Waals surface area contributed by atoms with Gasteiger partial charge in [-0.15, -0.1) is 0 Å². The molecule has 96 valence electrons. The van der Waals surface area contributed by atoms with E-state index in [1.165, 1.54) is 17.1 Å². The highest BCUT2D eigenvalue weighted by Gasteiger charge is 2.27. The van der Waals surface area contributed by atoms with Gasteiger partial charge in [0.05, 0.1) is 5.75 Å². The minimum Gasteiger partial charge on any atom is -0.212 e. The van der Waals surface area contributed by atoms with Crippen LogP contribution in [0.15, 0.2) is 0 Å². The van der Waals surface area contributed by atoms with Crippen LogP contribution in [0, 0.1) is 17.8 Å². The van der Waals surface area contributed by atoms with Gasteiger partial charge in [-0.25, -0.2) is 12.7 Å². The topological polar surface area (TPSA) is 37.4 Å². The van der Waals surface area contributed by atoms with Gasteiger partial charge in [0.1, 0.15) is 0 Å². The standard InChI is InChI=1S/C12H25NO2S/c1-10(2)12-7-5-11(6-8-12)9-16(14,15)13(3)4/h10-12H,5-9H2,1-4H3. The Morgan fingerprint density at radius 2 is 1.62 bits per heavy atom. The van der Waals surface area contributed by atoms with Crippen LogP contribution in [0.2, 0.25) is 0 Å². The summed E-state index contributed by atoms with van der Waals surface area (Å²) in [4.78, 5) is 0. The lowest BCUT2D eigenvalue weighted by molar-refractivity contribution is 0.235. The Hall–Kier alpha value is -0.0900. The molecule has 1 fully saturated rings. The molecule has 0 radical (unpaired) electrons. The van der Waals surface area contributed by atoms with Crippen LogP contribution in [-0.2, 0) is 10.0 Å². The minimum absolute atomic E-state index is 0.338. The average Bonchev–Trinajstić information content (AvgIpc) is 2.17. The van der Waals surface area contributed by atoms with Crippen molar-refractivity contribution in [2.75, 3.05) is 19.8 Å². The van der Waals surface area contributed by atoms with Crippen molar-refractivity contribution >= 4 is 10.0 Å². The summed E-state index contributed by atoms with van der Waals surface area (Å²) in [5, 5.41) is 0. The lowest BCUT2D eigenvalue weighted by Crippen LogP contribution is -2.31. The number of hydrogen-bond acceptors (Lipinski definition) is 2. The fraction of sp³-hybridized carbons (Fsp3) is 1.00. The molecule has 0 saturated heterocycles. The highest BCUT2D eigenvalue weighted by Crippen LogP contribution is 2.33. The highest BCUT2D eigenvalue weighted by atomic mass is 32.2. The van der Waals surface area contributed by atoms with Gasteiger partial charge in [0.25, 0.3) is 0 Å². The van der Waals surface area contributed by atoms with E-state index in [9.17, 15) is 8.42 Å². The normalized spacial score (nSPS) is 27.6. The molecule has 0 aromatic carbocycles. The molecular formula is C12H25NO2S. The Bertz CT molecular complexity index is 301. The summed E-state index contributed by atoms with van der Waals surface area (Å²) in [5.74, 6) is 2.26. The van der Waals surface area contributed by atoms with E-state index in [1.807, 2.05) is 0 Å². The van der Waals surface area contributed by atoms with Gasteiger partial charge in [0.15, 0.2) is 0 Å². The molecule has 1 saturated carbocycles. The van der Waals surface area contributed by atoms with Crippen molar-refractivity contribution in [2.45, 2.75) is 39.5 Å². The van der Waals surface area contributed by atoms with Gasteiger partial charge in [-0.1, -0.05) is 13.8 Å². The summed E-state index contributed by atoms with van der Waals surface area (Å²) in [6.07, 6.45) is 4.56. The lowest BCUT2D eigenvalue weighted by atomic mass is 9.78. The second-order valence-electron chi connectivity index (χ2n) is 5.59. The zero-order chi connectivity index (χ0) is 12.3. The maximum atomic E-state index is 11.7. The molecule has 16 heavy (non-hydrogen) atoms. The number of hydrogen-bond donors (Lipinski definition) is 0. The first kappa shape index (κ1) is 14.0. The third kappa shape index (κ3) is 3.74. The molecule has 0 heterocycles. The van der Waals surface area contributed by atoms with E-state index in [0.29, 0.717) is 11.7 Å². The van der Waals surface area contributed by atoms with E-state index >= 15 is 0 Å². The molecule has 0 aliphatic heterocycles. The van der Waals surface area contributed by atoms with Crippen LogP contribution in [-0.4, -0.2) is 32.6 Å². The Morgan fingerprint density at radius 1 is 1.12 bits per heavy atom. The van der Waals surface area contributed by atoms with Crippen molar-refractivity contribution < 1.29 is 8.42 Å². The summed E-state index contributed by atoms with van der Waals surface area (Å²) in [6, 6.07) is 0. The summed E-state index contributed by atoms with van der Waals surface area (Å²) in [5.41, 5.74) is 0. The van der Waals surface area contributed by atoms with E-state index in [0.717, 1.165) is 24.7 Å². The second-order valence-corrected chi connectivity index (χ2v) is 7.81. The van der Waals surface area contributed by atoms with Crippen LogP contribution in [0.3, 0.4) is 0 Å². The molecule has 0 N–H and O–H groups in total. The maximum Gasteiger partial charge on any atom is 0.213 e. The summed E-state index contributed by atoms with van der Waals surface area (Å²) in [7, 11) is 0.238. The van der Waals surface area contributed by atoms with E-state index < -0.39 is 10.0 Å². The van der Waals surface area contributed by atoms with E-state index in [4.69, 9.17) is 0 Å². The van der Waals surface area contributed by atoms with Gasteiger partial charge >= 0.3 is 0 Å². The van der Waals surface area contributed by atoms with E-state index in [2.05, 4.69) is 13.8 Å². The van der Waals surface area contributed by atoms with Crippen molar-refractivity contribution in [1.82, 2.24) is 4.31 Å². The first-order valence-electron chi connectivity index (χ1n) is 6.23. The SMILES string of the molecule is CC(C)C1CCC(CS(=O)(=O)N(C)C)CC1. The molecule has 1 rings (SSSR count). The van der Waals surface area contributed by atoms with Gasteiger partial charge in [0.2, 0.25) is 10.0 Å². The predicted molar refractivity (Wildman–Crippen MR) is 67.8 cm³/mol. The largest absolute Gasteiger partial charge is 0.213 e. The number of rotatable bonds is 4. The van der Waals surface area contributed by atoms with E-state index in [1.54, 1.807) is 14.1 Å². The molecule has 0 aromatic heterocycles. The highest BCUT2D eigenvalue weighted by molar-refractivity contribution is 7.89. The van der Waals surface area contributed by atoms with Crippen LogP contribution in [0.1, 0.15) is 39.5 Å². The number of nitrogens with zero attached hydrogens (tertiary/aromatic N) is 1. The van der Waals surface area contributed by atoms with Crippen LogP contribution < -0.4 is 0 Å². The fourth-order valence-corrected chi connectivity index (χ4v) is 3.70. The minimum atomic E-state index is -3.00. The lowest BCUT2D eigenvalue weighted by Gasteiger charge is -2.31. The third-order valence-electron chi connectivity index (χ3n) is 3.84. The molecule has 0 amide bonds. The molecule has 1 aliphatic rings. The van der Waals surface area contributed by atoms with Crippen LogP contribution in [0.4, 0.5) is 0 Å². The van der Waals surface area contributed by atoms with Crippen molar-refractivity contribution in [2.24, 2.45) is 17.8 Å². The molecular weight excluding hydrogens is 222 g/mol. The molecule has 3 nitrogen and oxygen atoms in total. The zero-order valence-corrected chi connectivity index (χ0v) is 11.8. The van der Waals surface area contributed by atoms with Crippen molar-refractivity contribution in [3.05, 3.63) is 0 Å². The number of sulfonamides is 1. The Morgan fingerprint density at radius 3 is 2.00 bits per heavy atom.